The molecule has 5 heteroatoms. The van der Waals surface area contributed by atoms with Crippen LogP contribution in [0.25, 0.3) is 0 Å². The van der Waals surface area contributed by atoms with Crippen LogP contribution >= 0.6 is 0 Å². The molecular weight excluding hydrogens is 219 g/mol. The number of halogens is 1. The van der Waals surface area contributed by atoms with Gasteiger partial charge in [-0.1, -0.05) is 6.07 Å². The molecule has 82 valence electrons. The summed E-state index contributed by atoms with van der Waals surface area (Å²) in [4.78, 5) is 0. The van der Waals surface area contributed by atoms with Crippen LogP contribution in [0, 0.1) is 0 Å². The maximum atomic E-state index is 12.9. The third-order valence-corrected chi connectivity index (χ3v) is 3.88. The van der Waals surface area contributed by atoms with Crippen molar-refractivity contribution in [2.24, 2.45) is 0 Å². The second-order valence-electron chi connectivity index (χ2n) is 3.57. The van der Waals surface area contributed by atoms with Crippen LogP contribution < -0.4 is 4.74 Å². The van der Waals surface area contributed by atoms with Gasteiger partial charge in [0.15, 0.2) is 0 Å². The first-order chi connectivity index (χ1) is 7.02. The van der Waals surface area contributed by atoms with Gasteiger partial charge in [0.05, 0.1) is 7.11 Å². The molecule has 15 heavy (non-hydrogen) atoms. The highest BCUT2D eigenvalue weighted by Gasteiger charge is 2.33. The van der Waals surface area contributed by atoms with Gasteiger partial charge in [-0.05, 0) is 36.1 Å². The molecule has 1 atom stereocenters. The predicted octanol–water partition coefficient (Wildman–Crippen LogP) is 1.98. The van der Waals surface area contributed by atoms with Crippen LogP contribution in [0.2, 0.25) is 0 Å². The zero-order valence-corrected chi connectivity index (χ0v) is 9.05. The minimum absolute atomic E-state index is 0.321. The first-order valence-corrected chi connectivity index (χ1v) is 6.07. The van der Waals surface area contributed by atoms with Gasteiger partial charge in [-0.3, -0.25) is 0 Å². The van der Waals surface area contributed by atoms with Crippen molar-refractivity contribution in [2.75, 3.05) is 7.11 Å². The average Bonchev–Trinajstić information content (AvgIpc) is 2.59. The molecule has 0 bridgehead atoms. The molecule has 1 aromatic rings. The lowest BCUT2D eigenvalue weighted by Crippen LogP contribution is -2.04. The van der Waals surface area contributed by atoms with Gasteiger partial charge in [-0.2, -0.15) is 8.42 Å². The molecule has 2 rings (SSSR count). The summed E-state index contributed by atoms with van der Waals surface area (Å²) in [5, 5.41) is -1.01. The molecule has 0 saturated carbocycles. The highest BCUT2D eigenvalue weighted by molar-refractivity contribution is 7.86. The number of rotatable bonds is 2. The van der Waals surface area contributed by atoms with Gasteiger partial charge < -0.3 is 4.74 Å². The van der Waals surface area contributed by atoms with Crippen molar-refractivity contribution in [3.8, 4) is 5.75 Å². The number of methoxy groups -OCH3 is 1. The first kappa shape index (κ1) is 10.4. The minimum atomic E-state index is -4.50. The van der Waals surface area contributed by atoms with Gasteiger partial charge in [0, 0.05) is 0 Å². The van der Waals surface area contributed by atoms with E-state index in [9.17, 15) is 12.3 Å². The third kappa shape index (κ3) is 1.84. The summed E-state index contributed by atoms with van der Waals surface area (Å²) in [5.74, 6) is 0.560. The number of fused-ring (bicyclic) bond motifs is 1. The molecule has 0 aliphatic heterocycles. The predicted molar refractivity (Wildman–Crippen MR) is 54.1 cm³/mol. The first-order valence-electron chi connectivity index (χ1n) is 4.62. The van der Waals surface area contributed by atoms with Crippen molar-refractivity contribution in [3.05, 3.63) is 29.3 Å². The Morgan fingerprint density at radius 2 is 2.20 bits per heavy atom. The van der Waals surface area contributed by atoms with E-state index in [0.717, 1.165) is 5.56 Å². The van der Waals surface area contributed by atoms with Gasteiger partial charge in [0.2, 0.25) is 0 Å². The van der Waals surface area contributed by atoms with E-state index in [-0.39, 0.29) is 0 Å². The highest BCUT2D eigenvalue weighted by Crippen LogP contribution is 2.39. The molecule has 0 spiro atoms. The topological polar surface area (TPSA) is 43.4 Å². The monoisotopic (exact) mass is 230 g/mol. The second kappa shape index (κ2) is 3.48. The minimum Gasteiger partial charge on any atom is -0.497 e. The van der Waals surface area contributed by atoms with E-state index in [1.165, 1.54) is 7.11 Å². The SMILES string of the molecule is COc1ccc2c(c1)C(S(=O)(=O)F)CC2. The van der Waals surface area contributed by atoms with Gasteiger partial charge in [-0.15, -0.1) is 3.89 Å². The maximum absolute atomic E-state index is 12.9. The quantitative estimate of drug-likeness (QED) is 0.730. The third-order valence-electron chi connectivity index (χ3n) is 2.72. The lowest BCUT2D eigenvalue weighted by molar-refractivity contribution is 0.414. The van der Waals surface area contributed by atoms with Gasteiger partial charge >= 0.3 is 10.2 Å². The van der Waals surface area contributed by atoms with Crippen molar-refractivity contribution in [1.82, 2.24) is 0 Å². The Labute approximate surface area is 88.1 Å². The molecule has 0 saturated heterocycles. The Morgan fingerprint density at radius 1 is 1.47 bits per heavy atom. The summed E-state index contributed by atoms with van der Waals surface area (Å²) >= 11 is 0. The molecule has 0 N–H and O–H groups in total. The lowest BCUT2D eigenvalue weighted by Gasteiger charge is -2.07. The van der Waals surface area contributed by atoms with Crippen LogP contribution in [0.4, 0.5) is 3.89 Å². The maximum Gasteiger partial charge on any atom is 0.309 e. The number of aryl methyl sites for hydroxylation is 1. The fraction of sp³-hybridized carbons (Fsp3) is 0.400. The number of hydrogen-bond donors (Lipinski definition) is 0. The summed E-state index contributed by atoms with van der Waals surface area (Å²) in [6, 6.07) is 5.15. The van der Waals surface area contributed by atoms with Crippen molar-refractivity contribution in [1.29, 1.82) is 0 Å². The van der Waals surface area contributed by atoms with Crippen molar-refractivity contribution >= 4 is 10.2 Å². The Hall–Kier alpha value is -1.10. The molecule has 1 aliphatic carbocycles. The van der Waals surface area contributed by atoms with Crippen LogP contribution in [-0.2, 0) is 16.6 Å². The molecular formula is C10H11FO3S. The van der Waals surface area contributed by atoms with E-state index in [2.05, 4.69) is 0 Å². The average molecular weight is 230 g/mol. The zero-order chi connectivity index (χ0) is 11.1. The van der Waals surface area contributed by atoms with Crippen LogP contribution in [0.1, 0.15) is 22.8 Å². The molecule has 1 aromatic carbocycles. The summed E-state index contributed by atoms with van der Waals surface area (Å²) < 4.78 is 39.7. The molecule has 1 unspecified atom stereocenters. The van der Waals surface area contributed by atoms with Crippen LogP contribution in [0.5, 0.6) is 5.75 Å². The summed E-state index contributed by atoms with van der Waals surface area (Å²) in [5.41, 5.74) is 1.43. The van der Waals surface area contributed by atoms with Crippen LogP contribution in [0.3, 0.4) is 0 Å². The van der Waals surface area contributed by atoms with Gasteiger partial charge in [0.1, 0.15) is 11.0 Å². The Morgan fingerprint density at radius 3 is 2.80 bits per heavy atom. The molecule has 3 nitrogen and oxygen atoms in total. The van der Waals surface area contributed by atoms with Gasteiger partial charge in [0.25, 0.3) is 0 Å². The van der Waals surface area contributed by atoms with E-state index in [0.29, 0.717) is 24.2 Å². The summed E-state index contributed by atoms with van der Waals surface area (Å²) in [7, 11) is -3.00. The number of ether oxygens (including phenoxy) is 1. The largest absolute Gasteiger partial charge is 0.497 e. The number of hydrogen-bond acceptors (Lipinski definition) is 3. The lowest BCUT2D eigenvalue weighted by atomic mass is 10.1. The van der Waals surface area contributed by atoms with Crippen LogP contribution in [-0.4, -0.2) is 15.5 Å². The fourth-order valence-electron chi connectivity index (χ4n) is 1.96. The fourth-order valence-corrected chi connectivity index (χ4v) is 2.88. The normalized spacial score (nSPS) is 20.0. The summed E-state index contributed by atoms with van der Waals surface area (Å²) in [6.45, 7) is 0. The molecule has 0 heterocycles. The molecule has 0 fully saturated rings. The molecule has 0 amide bonds. The van der Waals surface area contributed by atoms with Gasteiger partial charge in [-0.25, -0.2) is 0 Å². The second-order valence-corrected chi connectivity index (χ2v) is 5.09. The Bertz CT molecular complexity index is 481. The van der Waals surface area contributed by atoms with E-state index < -0.39 is 15.5 Å². The standard InChI is InChI=1S/C10H11FO3S/c1-14-8-4-2-7-3-5-10(9(7)6-8)15(11,12)13/h2,4,6,10H,3,5H2,1H3. The van der Waals surface area contributed by atoms with Crippen LogP contribution in [0.15, 0.2) is 18.2 Å². The Balaban J connectivity index is 2.49. The van der Waals surface area contributed by atoms with Crippen molar-refractivity contribution < 1.29 is 17.0 Å². The molecule has 1 aliphatic rings. The smallest absolute Gasteiger partial charge is 0.309 e. The molecule has 0 radical (unpaired) electrons. The zero-order valence-electron chi connectivity index (χ0n) is 8.23. The van der Waals surface area contributed by atoms with E-state index in [4.69, 9.17) is 4.74 Å². The van der Waals surface area contributed by atoms with E-state index >= 15 is 0 Å². The number of benzene rings is 1. The van der Waals surface area contributed by atoms with E-state index in [1.807, 2.05) is 0 Å². The Kier molecular flexibility index (Phi) is 2.42. The van der Waals surface area contributed by atoms with Crippen molar-refractivity contribution in [3.63, 3.8) is 0 Å². The highest BCUT2D eigenvalue weighted by atomic mass is 32.3. The van der Waals surface area contributed by atoms with E-state index in [1.54, 1.807) is 18.2 Å². The summed E-state index contributed by atoms with van der Waals surface area (Å²) in [6.07, 6.45) is 0.925. The molecule has 0 aromatic heterocycles. The van der Waals surface area contributed by atoms with Crippen molar-refractivity contribution in [2.45, 2.75) is 18.1 Å².